The van der Waals surface area contributed by atoms with Gasteiger partial charge < -0.3 is 5.73 Å². The highest BCUT2D eigenvalue weighted by atomic mass is 32.2. The number of hydrogen-bond donors (Lipinski definition) is 1. The Bertz CT molecular complexity index is 488. The third-order valence-electron chi connectivity index (χ3n) is 2.32. The second kappa shape index (κ2) is 5.68. The number of anilines is 1. The summed E-state index contributed by atoms with van der Waals surface area (Å²) in [6, 6.07) is 10.8. The molecule has 1 aromatic heterocycles. The van der Waals surface area contributed by atoms with Crippen LogP contribution in [0.5, 0.6) is 0 Å². The maximum atomic E-state index is 13.2. The van der Waals surface area contributed by atoms with Crippen LogP contribution >= 0.6 is 11.8 Å². The Labute approximate surface area is 104 Å². The SMILES string of the molecule is Nc1ccc(SCCc2ccccn2)cc1F. The van der Waals surface area contributed by atoms with Gasteiger partial charge in [-0.25, -0.2) is 4.39 Å². The van der Waals surface area contributed by atoms with E-state index in [4.69, 9.17) is 5.73 Å². The Morgan fingerprint density at radius 3 is 2.82 bits per heavy atom. The van der Waals surface area contributed by atoms with E-state index in [0.29, 0.717) is 0 Å². The molecular weight excluding hydrogens is 235 g/mol. The molecule has 0 fully saturated rings. The number of pyridine rings is 1. The van der Waals surface area contributed by atoms with Gasteiger partial charge >= 0.3 is 0 Å². The number of aromatic nitrogens is 1. The molecule has 0 unspecified atom stereocenters. The van der Waals surface area contributed by atoms with E-state index in [2.05, 4.69) is 4.98 Å². The van der Waals surface area contributed by atoms with Gasteiger partial charge in [0, 0.05) is 22.5 Å². The molecule has 0 bridgehead atoms. The zero-order chi connectivity index (χ0) is 12.1. The number of aryl methyl sites for hydroxylation is 1. The molecule has 1 aromatic carbocycles. The highest BCUT2D eigenvalue weighted by molar-refractivity contribution is 7.99. The normalized spacial score (nSPS) is 10.4. The van der Waals surface area contributed by atoms with Crippen LogP contribution in [-0.4, -0.2) is 10.7 Å². The molecule has 1 heterocycles. The third-order valence-corrected chi connectivity index (χ3v) is 3.32. The molecule has 2 aromatic rings. The van der Waals surface area contributed by atoms with Gasteiger partial charge in [-0.2, -0.15) is 0 Å². The van der Waals surface area contributed by atoms with Crippen molar-refractivity contribution < 1.29 is 4.39 Å². The molecule has 88 valence electrons. The molecule has 2 nitrogen and oxygen atoms in total. The van der Waals surface area contributed by atoms with Crippen LogP contribution in [0.3, 0.4) is 0 Å². The van der Waals surface area contributed by atoms with Crippen LogP contribution in [0.1, 0.15) is 5.69 Å². The van der Waals surface area contributed by atoms with Crippen molar-refractivity contribution >= 4 is 17.4 Å². The summed E-state index contributed by atoms with van der Waals surface area (Å²) in [4.78, 5) is 5.13. The Morgan fingerprint density at radius 2 is 2.12 bits per heavy atom. The van der Waals surface area contributed by atoms with E-state index in [-0.39, 0.29) is 11.5 Å². The first kappa shape index (κ1) is 11.9. The molecule has 0 saturated heterocycles. The quantitative estimate of drug-likeness (QED) is 0.667. The fourth-order valence-electron chi connectivity index (χ4n) is 1.42. The molecular formula is C13H13FN2S. The van der Waals surface area contributed by atoms with Crippen LogP contribution < -0.4 is 5.73 Å². The van der Waals surface area contributed by atoms with Crippen LogP contribution in [0.25, 0.3) is 0 Å². The van der Waals surface area contributed by atoms with E-state index < -0.39 is 0 Å². The first-order valence-corrected chi connectivity index (χ1v) is 6.32. The topological polar surface area (TPSA) is 38.9 Å². The summed E-state index contributed by atoms with van der Waals surface area (Å²) < 4.78 is 13.2. The minimum Gasteiger partial charge on any atom is -0.396 e. The van der Waals surface area contributed by atoms with Crippen LogP contribution in [0.4, 0.5) is 10.1 Å². The molecule has 2 N–H and O–H groups in total. The third kappa shape index (κ3) is 3.46. The van der Waals surface area contributed by atoms with Gasteiger partial charge in [0.05, 0.1) is 5.69 Å². The standard InChI is InChI=1S/C13H13FN2S/c14-12-9-11(4-5-13(12)15)17-8-6-10-3-1-2-7-16-10/h1-5,7,9H,6,8,15H2. The Hall–Kier alpha value is -1.55. The molecule has 0 saturated carbocycles. The number of hydrogen-bond acceptors (Lipinski definition) is 3. The number of nitrogens with two attached hydrogens (primary N) is 1. The smallest absolute Gasteiger partial charge is 0.147 e. The van der Waals surface area contributed by atoms with E-state index in [1.165, 1.54) is 6.07 Å². The number of nitrogen functional groups attached to an aromatic ring is 1. The van der Waals surface area contributed by atoms with Gasteiger partial charge in [-0.05, 0) is 36.8 Å². The van der Waals surface area contributed by atoms with Gasteiger partial charge in [0.15, 0.2) is 0 Å². The average molecular weight is 248 g/mol. The first-order chi connectivity index (χ1) is 8.25. The number of halogens is 1. The summed E-state index contributed by atoms with van der Waals surface area (Å²) in [7, 11) is 0. The first-order valence-electron chi connectivity index (χ1n) is 5.33. The second-order valence-corrected chi connectivity index (χ2v) is 4.77. The van der Waals surface area contributed by atoms with Crippen molar-refractivity contribution in [2.75, 3.05) is 11.5 Å². The molecule has 4 heteroatoms. The highest BCUT2D eigenvalue weighted by Gasteiger charge is 2.01. The Kier molecular flexibility index (Phi) is 3.98. The lowest BCUT2D eigenvalue weighted by Gasteiger charge is -2.03. The lowest BCUT2D eigenvalue weighted by atomic mass is 10.3. The summed E-state index contributed by atoms with van der Waals surface area (Å²) in [5.74, 6) is 0.522. The van der Waals surface area contributed by atoms with Crippen LogP contribution in [0.15, 0.2) is 47.5 Å². The second-order valence-electron chi connectivity index (χ2n) is 3.60. The van der Waals surface area contributed by atoms with Crippen molar-refractivity contribution in [2.24, 2.45) is 0 Å². The van der Waals surface area contributed by atoms with E-state index >= 15 is 0 Å². The maximum Gasteiger partial charge on any atom is 0.147 e. The average Bonchev–Trinajstić information content (AvgIpc) is 2.35. The largest absolute Gasteiger partial charge is 0.396 e. The van der Waals surface area contributed by atoms with Gasteiger partial charge in [0.2, 0.25) is 0 Å². The summed E-state index contributed by atoms with van der Waals surface area (Å²) in [5, 5.41) is 0. The van der Waals surface area contributed by atoms with Crippen molar-refractivity contribution in [1.29, 1.82) is 0 Å². The lowest BCUT2D eigenvalue weighted by molar-refractivity contribution is 0.629. The van der Waals surface area contributed by atoms with Gasteiger partial charge in [-0.1, -0.05) is 6.07 Å². The predicted molar refractivity (Wildman–Crippen MR) is 69.5 cm³/mol. The van der Waals surface area contributed by atoms with Crippen molar-refractivity contribution in [3.8, 4) is 0 Å². The van der Waals surface area contributed by atoms with Crippen LogP contribution in [0.2, 0.25) is 0 Å². The monoisotopic (exact) mass is 248 g/mol. The van der Waals surface area contributed by atoms with Crippen LogP contribution in [0, 0.1) is 5.82 Å². The van der Waals surface area contributed by atoms with Crippen molar-refractivity contribution in [3.63, 3.8) is 0 Å². The van der Waals surface area contributed by atoms with Crippen molar-refractivity contribution in [2.45, 2.75) is 11.3 Å². The van der Waals surface area contributed by atoms with Gasteiger partial charge in [-0.15, -0.1) is 11.8 Å². The molecule has 2 rings (SSSR count). The fraction of sp³-hybridized carbons (Fsp3) is 0.154. The van der Waals surface area contributed by atoms with E-state index in [9.17, 15) is 4.39 Å². The van der Waals surface area contributed by atoms with Crippen LogP contribution in [-0.2, 0) is 6.42 Å². The highest BCUT2D eigenvalue weighted by Crippen LogP contribution is 2.22. The molecule has 17 heavy (non-hydrogen) atoms. The predicted octanol–water partition coefficient (Wildman–Crippen LogP) is 3.14. The molecule has 0 radical (unpaired) electrons. The molecule has 0 aliphatic rings. The minimum atomic E-state index is -0.354. The lowest BCUT2D eigenvalue weighted by Crippen LogP contribution is -1.93. The minimum absolute atomic E-state index is 0.194. The molecule has 0 aliphatic carbocycles. The molecule has 0 aliphatic heterocycles. The Balaban J connectivity index is 1.88. The number of nitrogens with zero attached hydrogens (tertiary/aromatic N) is 1. The Morgan fingerprint density at radius 1 is 1.24 bits per heavy atom. The summed E-state index contributed by atoms with van der Waals surface area (Å²) in [5.41, 5.74) is 6.66. The molecule has 0 amide bonds. The van der Waals surface area contributed by atoms with E-state index in [0.717, 1.165) is 22.8 Å². The van der Waals surface area contributed by atoms with Gasteiger partial charge in [0.25, 0.3) is 0 Å². The zero-order valence-corrected chi connectivity index (χ0v) is 10.1. The number of thioether (sulfide) groups is 1. The fourth-order valence-corrected chi connectivity index (χ4v) is 2.32. The zero-order valence-electron chi connectivity index (χ0n) is 9.27. The summed E-state index contributed by atoms with van der Waals surface area (Å²) >= 11 is 1.60. The number of rotatable bonds is 4. The molecule has 0 spiro atoms. The summed E-state index contributed by atoms with van der Waals surface area (Å²) in [6.07, 6.45) is 2.65. The van der Waals surface area contributed by atoms with Gasteiger partial charge in [-0.3, -0.25) is 4.98 Å². The molecule has 0 atom stereocenters. The number of benzene rings is 1. The van der Waals surface area contributed by atoms with Crippen molar-refractivity contribution in [1.82, 2.24) is 4.98 Å². The van der Waals surface area contributed by atoms with Crippen molar-refractivity contribution in [3.05, 3.63) is 54.1 Å². The van der Waals surface area contributed by atoms with E-state index in [1.54, 1.807) is 24.0 Å². The van der Waals surface area contributed by atoms with Gasteiger partial charge in [0.1, 0.15) is 5.82 Å². The maximum absolute atomic E-state index is 13.2. The van der Waals surface area contributed by atoms with E-state index in [1.807, 2.05) is 24.3 Å². The summed E-state index contributed by atoms with van der Waals surface area (Å²) in [6.45, 7) is 0.